The zero-order valence-electron chi connectivity index (χ0n) is 9.54. The van der Waals surface area contributed by atoms with Crippen LogP contribution in [0.5, 0.6) is 0 Å². The van der Waals surface area contributed by atoms with Crippen molar-refractivity contribution in [3.8, 4) is 6.07 Å². The van der Waals surface area contributed by atoms with Gasteiger partial charge in [-0.3, -0.25) is 4.98 Å². The lowest BCUT2D eigenvalue weighted by Crippen LogP contribution is -2.13. The van der Waals surface area contributed by atoms with Crippen molar-refractivity contribution in [2.75, 3.05) is 6.54 Å². The molecule has 0 radical (unpaired) electrons. The first-order chi connectivity index (χ1) is 8.57. The highest BCUT2D eigenvalue weighted by Gasteiger charge is 2.04. The topological polar surface area (TPSA) is 123 Å². The standard InChI is InChI=1S/C9H11N3.C2H2O4/c10-4-1-5-12-8-9-2-6-11-7-3-9;3-1(4)2(5)6/h2-3,6-7,12H,1,5,8H2;(H,3,4)(H,5,6). The minimum Gasteiger partial charge on any atom is -0.473 e. The number of carboxylic acids is 2. The zero-order chi connectivity index (χ0) is 13.8. The van der Waals surface area contributed by atoms with E-state index in [9.17, 15) is 0 Å². The number of nitrogens with one attached hydrogen (secondary N) is 1. The van der Waals surface area contributed by atoms with Gasteiger partial charge >= 0.3 is 11.9 Å². The maximum atomic E-state index is 9.10. The molecular formula is C11H13N3O4. The molecule has 0 atom stereocenters. The average Bonchev–Trinajstić information content (AvgIpc) is 2.36. The van der Waals surface area contributed by atoms with Crippen LogP contribution in [-0.2, 0) is 16.1 Å². The minimum absolute atomic E-state index is 0.561. The molecule has 1 aromatic heterocycles. The number of nitriles is 1. The average molecular weight is 251 g/mol. The molecule has 0 unspecified atom stereocenters. The van der Waals surface area contributed by atoms with E-state index in [0.29, 0.717) is 6.42 Å². The predicted octanol–water partition coefficient (Wildman–Crippen LogP) is 0.240. The first kappa shape index (κ1) is 15.5. The second-order valence-corrected chi connectivity index (χ2v) is 3.05. The molecule has 0 amide bonds. The van der Waals surface area contributed by atoms with Crippen LogP contribution in [0.2, 0.25) is 0 Å². The van der Waals surface area contributed by atoms with Gasteiger partial charge in [-0.2, -0.15) is 5.26 Å². The van der Waals surface area contributed by atoms with Gasteiger partial charge in [0.05, 0.1) is 6.07 Å². The van der Waals surface area contributed by atoms with E-state index in [-0.39, 0.29) is 0 Å². The highest BCUT2D eigenvalue weighted by molar-refractivity contribution is 6.27. The summed E-state index contributed by atoms with van der Waals surface area (Å²) < 4.78 is 0. The Morgan fingerprint density at radius 2 is 1.83 bits per heavy atom. The molecule has 0 aliphatic carbocycles. The van der Waals surface area contributed by atoms with Gasteiger partial charge in [-0.05, 0) is 17.7 Å². The summed E-state index contributed by atoms with van der Waals surface area (Å²) in [4.78, 5) is 22.1. The van der Waals surface area contributed by atoms with Gasteiger partial charge in [0, 0.05) is 31.9 Å². The Morgan fingerprint density at radius 3 is 2.28 bits per heavy atom. The number of aliphatic carboxylic acids is 2. The van der Waals surface area contributed by atoms with Crippen molar-refractivity contribution in [1.82, 2.24) is 10.3 Å². The summed E-state index contributed by atoms with van der Waals surface area (Å²) in [5.74, 6) is -3.65. The van der Waals surface area contributed by atoms with Crippen molar-refractivity contribution in [3.63, 3.8) is 0 Å². The Bertz CT molecular complexity index is 402. The Hall–Kier alpha value is -2.46. The largest absolute Gasteiger partial charge is 0.473 e. The Balaban J connectivity index is 0.000000411. The summed E-state index contributed by atoms with van der Waals surface area (Å²) in [6.45, 7) is 1.56. The van der Waals surface area contributed by atoms with Crippen LogP contribution < -0.4 is 5.32 Å². The first-order valence-electron chi connectivity index (χ1n) is 5.00. The lowest BCUT2D eigenvalue weighted by molar-refractivity contribution is -0.159. The summed E-state index contributed by atoms with van der Waals surface area (Å²) in [7, 11) is 0. The van der Waals surface area contributed by atoms with Crippen LogP contribution in [0.25, 0.3) is 0 Å². The van der Waals surface area contributed by atoms with Crippen LogP contribution in [0.15, 0.2) is 24.5 Å². The van der Waals surface area contributed by atoms with Crippen LogP contribution in [0.3, 0.4) is 0 Å². The lowest BCUT2D eigenvalue weighted by Gasteiger charge is -2.00. The Labute approximate surface area is 104 Å². The third-order valence-electron chi connectivity index (χ3n) is 1.68. The predicted molar refractivity (Wildman–Crippen MR) is 61.4 cm³/mol. The van der Waals surface area contributed by atoms with Gasteiger partial charge in [-0.1, -0.05) is 0 Å². The van der Waals surface area contributed by atoms with Gasteiger partial charge in [0.25, 0.3) is 0 Å². The van der Waals surface area contributed by atoms with Crippen molar-refractivity contribution in [1.29, 1.82) is 5.26 Å². The molecule has 18 heavy (non-hydrogen) atoms. The minimum atomic E-state index is -1.82. The fraction of sp³-hybridized carbons (Fsp3) is 0.273. The molecule has 1 rings (SSSR count). The van der Waals surface area contributed by atoms with Crippen molar-refractivity contribution in [2.24, 2.45) is 0 Å². The first-order valence-corrected chi connectivity index (χ1v) is 5.00. The van der Waals surface area contributed by atoms with E-state index in [4.69, 9.17) is 25.1 Å². The van der Waals surface area contributed by atoms with Gasteiger partial charge in [0.1, 0.15) is 0 Å². The molecule has 0 fully saturated rings. The number of pyridine rings is 1. The van der Waals surface area contributed by atoms with Crippen LogP contribution >= 0.6 is 0 Å². The van der Waals surface area contributed by atoms with Crippen molar-refractivity contribution >= 4 is 11.9 Å². The molecule has 1 aromatic rings. The molecule has 0 aliphatic heterocycles. The third kappa shape index (κ3) is 8.82. The Kier molecular flexibility index (Phi) is 8.41. The molecule has 3 N–H and O–H groups in total. The van der Waals surface area contributed by atoms with E-state index < -0.39 is 11.9 Å². The highest BCUT2D eigenvalue weighted by atomic mass is 16.4. The molecule has 0 saturated carbocycles. The van der Waals surface area contributed by atoms with E-state index in [1.54, 1.807) is 12.4 Å². The van der Waals surface area contributed by atoms with Crippen molar-refractivity contribution in [2.45, 2.75) is 13.0 Å². The van der Waals surface area contributed by atoms with Crippen LogP contribution in [0.4, 0.5) is 0 Å². The Morgan fingerprint density at radius 1 is 1.28 bits per heavy atom. The van der Waals surface area contributed by atoms with Crippen LogP contribution in [-0.4, -0.2) is 33.7 Å². The molecule has 96 valence electrons. The van der Waals surface area contributed by atoms with Gasteiger partial charge in [0.2, 0.25) is 0 Å². The van der Waals surface area contributed by atoms with Gasteiger partial charge in [-0.25, -0.2) is 9.59 Å². The summed E-state index contributed by atoms with van der Waals surface area (Å²) >= 11 is 0. The highest BCUT2D eigenvalue weighted by Crippen LogP contribution is 1.94. The maximum Gasteiger partial charge on any atom is 0.414 e. The maximum absolute atomic E-state index is 9.10. The van der Waals surface area contributed by atoms with E-state index in [0.717, 1.165) is 13.1 Å². The second-order valence-electron chi connectivity index (χ2n) is 3.05. The number of aromatic nitrogens is 1. The molecule has 0 aromatic carbocycles. The van der Waals surface area contributed by atoms with Crippen LogP contribution in [0.1, 0.15) is 12.0 Å². The summed E-state index contributed by atoms with van der Waals surface area (Å²) in [6.07, 6.45) is 4.09. The number of nitrogens with zero attached hydrogens (tertiary/aromatic N) is 2. The molecule has 0 bridgehead atoms. The number of hydrogen-bond donors (Lipinski definition) is 3. The molecule has 0 aliphatic rings. The third-order valence-corrected chi connectivity index (χ3v) is 1.68. The molecule has 0 spiro atoms. The van der Waals surface area contributed by atoms with E-state index in [2.05, 4.69) is 16.4 Å². The lowest BCUT2D eigenvalue weighted by atomic mass is 10.3. The quantitative estimate of drug-likeness (QED) is 0.517. The summed E-state index contributed by atoms with van der Waals surface area (Å²) in [6, 6.07) is 5.99. The number of carbonyl (C=O) groups is 2. The fourth-order valence-electron chi connectivity index (χ4n) is 0.878. The van der Waals surface area contributed by atoms with E-state index in [1.807, 2.05) is 12.1 Å². The number of rotatable bonds is 4. The molecular weight excluding hydrogens is 238 g/mol. The van der Waals surface area contributed by atoms with Crippen molar-refractivity contribution < 1.29 is 19.8 Å². The normalized spacial score (nSPS) is 8.61. The molecule has 7 nitrogen and oxygen atoms in total. The summed E-state index contributed by atoms with van der Waals surface area (Å²) in [5.41, 5.74) is 1.20. The van der Waals surface area contributed by atoms with Gasteiger partial charge in [0.15, 0.2) is 0 Å². The smallest absolute Gasteiger partial charge is 0.414 e. The molecule has 7 heteroatoms. The number of hydrogen-bond acceptors (Lipinski definition) is 5. The molecule has 0 saturated heterocycles. The molecule has 1 heterocycles. The summed E-state index contributed by atoms with van der Waals surface area (Å²) in [5, 5.41) is 26.2. The van der Waals surface area contributed by atoms with Gasteiger partial charge in [-0.15, -0.1) is 0 Å². The second kappa shape index (κ2) is 9.74. The van der Waals surface area contributed by atoms with E-state index >= 15 is 0 Å². The van der Waals surface area contributed by atoms with Crippen molar-refractivity contribution in [3.05, 3.63) is 30.1 Å². The number of carboxylic acid groups (broad SMARTS) is 2. The van der Waals surface area contributed by atoms with E-state index in [1.165, 1.54) is 5.56 Å². The zero-order valence-corrected chi connectivity index (χ0v) is 9.54. The fourth-order valence-corrected chi connectivity index (χ4v) is 0.878. The van der Waals surface area contributed by atoms with Gasteiger partial charge < -0.3 is 15.5 Å². The SMILES string of the molecule is N#CCCNCc1ccncc1.O=C(O)C(=O)O. The monoisotopic (exact) mass is 251 g/mol. The van der Waals surface area contributed by atoms with Crippen LogP contribution in [0, 0.1) is 11.3 Å².